The second kappa shape index (κ2) is 7.84. The molecule has 0 fully saturated rings. The van der Waals surface area contributed by atoms with Crippen LogP contribution in [0.2, 0.25) is 0 Å². The molecule has 0 bridgehead atoms. The summed E-state index contributed by atoms with van der Waals surface area (Å²) < 4.78 is 4.95. The molecule has 0 radical (unpaired) electrons. The van der Waals surface area contributed by atoms with Crippen molar-refractivity contribution in [2.45, 2.75) is 46.5 Å². The zero-order valence-electron chi connectivity index (χ0n) is 8.93. The highest BCUT2D eigenvalue weighted by molar-refractivity contribution is 5.88. The molecule has 2 heteroatoms. The largest absolute Gasteiger partial charge is 0.463 e. The van der Waals surface area contributed by atoms with Crippen LogP contribution in [-0.2, 0) is 9.53 Å². The number of ether oxygens (including phenoxy) is 1. The fraction of sp³-hybridized carbons (Fsp3) is 0.727. The number of rotatable bonds is 6. The monoisotopic (exact) mass is 184 g/mol. The smallest absolute Gasteiger partial charge is 0.333 e. The van der Waals surface area contributed by atoms with Gasteiger partial charge in [-0.1, -0.05) is 32.8 Å². The lowest BCUT2D eigenvalue weighted by Crippen LogP contribution is -2.07. The Labute approximate surface area is 81.0 Å². The van der Waals surface area contributed by atoms with Crippen LogP contribution < -0.4 is 0 Å². The molecule has 0 aromatic carbocycles. The lowest BCUT2D eigenvalue weighted by molar-refractivity contribution is -0.138. The maximum Gasteiger partial charge on any atom is 0.333 e. The van der Waals surface area contributed by atoms with Crippen molar-refractivity contribution in [1.82, 2.24) is 0 Å². The van der Waals surface area contributed by atoms with Crippen molar-refractivity contribution >= 4 is 5.97 Å². The van der Waals surface area contributed by atoms with Crippen molar-refractivity contribution in [3.05, 3.63) is 11.6 Å². The summed E-state index contributed by atoms with van der Waals surface area (Å²) in [5.74, 6) is -0.141. The number of unbranched alkanes of at least 4 members (excludes halogenated alkanes) is 1. The average molecular weight is 184 g/mol. The molecule has 0 aliphatic heterocycles. The van der Waals surface area contributed by atoms with Gasteiger partial charge in [0.25, 0.3) is 0 Å². The van der Waals surface area contributed by atoms with E-state index in [1.807, 2.05) is 13.0 Å². The van der Waals surface area contributed by atoms with Crippen LogP contribution in [0.15, 0.2) is 11.6 Å². The van der Waals surface area contributed by atoms with Crippen LogP contribution in [0.4, 0.5) is 0 Å². The molecule has 0 rings (SSSR count). The standard InChI is InChI=1S/C11H20O2/c1-4-7-9-10(8-5-2)11(12)13-6-3/h9H,4-8H2,1-3H3. The van der Waals surface area contributed by atoms with Crippen LogP contribution in [0.25, 0.3) is 0 Å². The van der Waals surface area contributed by atoms with E-state index in [0.29, 0.717) is 6.61 Å². The Bertz CT molecular complexity index is 171. The van der Waals surface area contributed by atoms with Gasteiger partial charge in [0.2, 0.25) is 0 Å². The minimum absolute atomic E-state index is 0.141. The van der Waals surface area contributed by atoms with Crippen molar-refractivity contribution in [1.29, 1.82) is 0 Å². The Hall–Kier alpha value is -0.790. The van der Waals surface area contributed by atoms with Gasteiger partial charge in [-0.05, 0) is 19.8 Å². The van der Waals surface area contributed by atoms with Gasteiger partial charge < -0.3 is 4.74 Å². The predicted octanol–water partition coefficient (Wildman–Crippen LogP) is 3.08. The number of allylic oxidation sites excluding steroid dienone is 1. The van der Waals surface area contributed by atoms with E-state index in [1.54, 1.807) is 0 Å². The van der Waals surface area contributed by atoms with Gasteiger partial charge in [0.1, 0.15) is 0 Å². The van der Waals surface area contributed by atoms with Crippen molar-refractivity contribution in [2.75, 3.05) is 6.61 Å². The van der Waals surface area contributed by atoms with Crippen molar-refractivity contribution in [2.24, 2.45) is 0 Å². The molecule has 2 nitrogen and oxygen atoms in total. The summed E-state index contributed by atoms with van der Waals surface area (Å²) in [6, 6.07) is 0. The predicted molar refractivity (Wildman–Crippen MR) is 54.5 cm³/mol. The van der Waals surface area contributed by atoms with Gasteiger partial charge in [-0.2, -0.15) is 0 Å². The van der Waals surface area contributed by atoms with Crippen LogP contribution in [-0.4, -0.2) is 12.6 Å². The molecule has 0 spiro atoms. The summed E-state index contributed by atoms with van der Waals surface area (Å²) in [4.78, 5) is 11.3. The van der Waals surface area contributed by atoms with Gasteiger partial charge in [0.05, 0.1) is 6.61 Å². The molecule has 0 aromatic heterocycles. The van der Waals surface area contributed by atoms with Gasteiger partial charge in [-0.15, -0.1) is 0 Å². The van der Waals surface area contributed by atoms with E-state index in [1.165, 1.54) is 0 Å². The van der Waals surface area contributed by atoms with Gasteiger partial charge in [-0.25, -0.2) is 4.79 Å². The zero-order valence-corrected chi connectivity index (χ0v) is 8.93. The van der Waals surface area contributed by atoms with Crippen molar-refractivity contribution in [3.8, 4) is 0 Å². The summed E-state index contributed by atoms with van der Waals surface area (Å²) in [5, 5.41) is 0. The van der Waals surface area contributed by atoms with Crippen LogP contribution in [0.5, 0.6) is 0 Å². The maximum atomic E-state index is 11.3. The van der Waals surface area contributed by atoms with Gasteiger partial charge in [0.15, 0.2) is 0 Å². The summed E-state index contributed by atoms with van der Waals surface area (Å²) >= 11 is 0. The fourth-order valence-corrected chi connectivity index (χ4v) is 1.10. The number of hydrogen-bond acceptors (Lipinski definition) is 2. The summed E-state index contributed by atoms with van der Waals surface area (Å²) in [5.41, 5.74) is 0.839. The normalized spacial score (nSPS) is 11.5. The first-order valence-corrected chi connectivity index (χ1v) is 5.12. The summed E-state index contributed by atoms with van der Waals surface area (Å²) in [6.07, 6.45) is 5.87. The second-order valence-corrected chi connectivity index (χ2v) is 2.99. The minimum atomic E-state index is -0.141. The first-order chi connectivity index (χ1) is 6.26. The van der Waals surface area contributed by atoms with Gasteiger partial charge in [0, 0.05) is 5.57 Å². The van der Waals surface area contributed by atoms with Crippen LogP contribution in [0.3, 0.4) is 0 Å². The SMILES string of the molecule is CCCC=C(CCC)C(=O)OCC. The van der Waals surface area contributed by atoms with E-state index in [9.17, 15) is 4.79 Å². The Morgan fingerprint density at radius 2 is 1.92 bits per heavy atom. The highest BCUT2D eigenvalue weighted by Gasteiger charge is 2.07. The lowest BCUT2D eigenvalue weighted by atomic mass is 10.1. The number of carbonyl (C=O) groups is 1. The molecular formula is C11H20O2. The molecular weight excluding hydrogens is 164 g/mol. The molecule has 13 heavy (non-hydrogen) atoms. The molecule has 0 saturated heterocycles. The maximum absolute atomic E-state index is 11.3. The van der Waals surface area contributed by atoms with E-state index >= 15 is 0 Å². The molecule has 76 valence electrons. The highest BCUT2D eigenvalue weighted by atomic mass is 16.5. The molecule has 0 N–H and O–H groups in total. The number of hydrogen-bond donors (Lipinski definition) is 0. The Kier molecular flexibility index (Phi) is 7.36. The molecule has 0 amide bonds. The third-order valence-electron chi connectivity index (χ3n) is 1.74. The van der Waals surface area contributed by atoms with E-state index in [2.05, 4.69) is 13.8 Å². The first kappa shape index (κ1) is 12.2. The molecule has 0 aliphatic rings. The summed E-state index contributed by atoms with van der Waals surface area (Å²) in [6.45, 7) is 6.47. The van der Waals surface area contributed by atoms with Crippen LogP contribution in [0.1, 0.15) is 46.5 Å². The number of esters is 1. The minimum Gasteiger partial charge on any atom is -0.463 e. The average Bonchev–Trinajstić information content (AvgIpc) is 2.12. The molecule has 0 aromatic rings. The van der Waals surface area contributed by atoms with Crippen LogP contribution >= 0.6 is 0 Å². The van der Waals surface area contributed by atoms with Gasteiger partial charge in [-0.3, -0.25) is 0 Å². The Morgan fingerprint density at radius 3 is 2.38 bits per heavy atom. The summed E-state index contributed by atoms with van der Waals surface area (Å²) in [7, 11) is 0. The second-order valence-electron chi connectivity index (χ2n) is 2.99. The van der Waals surface area contributed by atoms with E-state index in [0.717, 1.165) is 31.3 Å². The molecule has 0 aliphatic carbocycles. The van der Waals surface area contributed by atoms with Crippen molar-refractivity contribution in [3.63, 3.8) is 0 Å². The Balaban J connectivity index is 4.13. The van der Waals surface area contributed by atoms with E-state index in [-0.39, 0.29) is 5.97 Å². The Morgan fingerprint density at radius 1 is 1.23 bits per heavy atom. The molecule has 0 unspecified atom stereocenters. The quantitative estimate of drug-likeness (QED) is 0.468. The van der Waals surface area contributed by atoms with E-state index in [4.69, 9.17) is 4.74 Å². The van der Waals surface area contributed by atoms with E-state index < -0.39 is 0 Å². The first-order valence-electron chi connectivity index (χ1n) is 5.12. The third kappa shape index (κ3) is 5.45. The van der Waals surface area contributed by atoms with Crippen molar-refractivity contribution < 1.29 is 9.53 Å². The highest BCUT2D eigenvalue weighted by Crippen LogP contribution is 2.09. The lowest BCUT2D eigenvalue weighted by Gasteiger charge is -2.04. The zero-order chi connectivity index (χ0) is 10.1. The molecule has 0 atom stereocenters. The molecule has 0 saturated carbocycles. The number of carbonyl (C=O) groups excluding carboxylic acids is 1. The molecule has 0 heterocycles. The fourth-order valence-electron chi connectivity index (χ4n) is 1.10. The topological polar surface area (TPSA) is 26.3 Å². The third-order valence-corrected chi connectivity index (χ3v) is 1.74. The van der Waals surface area contributed by atoms with Crippen LogP contribution in [0, 0.1) is 0 Å². The van der Waals surface area contributed by atoms with Gasteiger partial charge >= 0.3 is 5.97 Å².